The second-order valence-corrected chi connectivity index (χ2v) is 8.28. The maximum atomic E-state index is 5.56. The van der Waals surface area contributed by atoms with E-state index in [4.69, 9.17) is 24.4 Å². The van der Waals surface area contributed by atoms with Crippen LogP contribution in [0.1, 0.15) is 41.0 Å². The number of hydrogen-bond donors (Lipinski definition) is 0. The monoisotopic (exact) mass is 352 g/mol. The predicted octanol–water partition coefficient (Wildman–Crippen LogP) is 4.48. The third-order valence-electron chi connectivity index (χ3n) is 2.94. The van der Waals surface area contributed by atoms with Gasteiger partial charge in [-0.2, -0.15) is 0 Å². The molecule has 0 aliphatic heterocycles. The van der Waals surface area contributed by atoms with Crippen LogP contribution >= 0.6 is 48.0 Å². The number of thioether (sulfide) groups is 2. The predicted molar refractivity (Wildman–Crippen MR) is 105 cm³/mol. The molecule has 0 saturated carbocycles. The third kappa shape index (κ3) is 7.48. The summed E-state index contributed by atoms with van der Waals surface area (Å²) in [7, 11) is 0. The molecule has 0 aliphatic carbocycles. The Morgan fingerprint density at radius 3 is 2.00 bits per heavy atom. The molecule has 0 rings (SSSR count). The molecule has 0 fully saturated rings. The molecule has 0 heterocycles. The van der Waals surface area contributed by atoms with Crippen LogP contribution in [0.2, 0.25) is 0 Å². The Hall–Kier alpha value is 0.480. The van der Waals surface area contributed by atoms with Crippen molar-refractivity contribution in [2.75, 3.05) is 25.1 Å². The molecule has 0 bridgehead atoms. The highest BCUT2D eigenvalue weighted by Crippen LogP contribution is 2.17. The second kappa shape index (κ2) is 11.1. The van der Waals surface area contributed by atoms with Crippen LogP contribution in [0.5, 0.6) is 0 Å². The first-order valence-electron chi connectivity index (χ1n) is 7.13. The molecule has 0 N–H and O–H groups in total. The average molecular weight is 353 g/mol. The zero-order valence-electron chi connectivity index (χ0n) is 13.5. The topological polar surface area (TPSA) is 6.48 Å². The largest absolute Gasteiger partial charge is 0.358 e. The van der Waals surface area contributed by atoms with Gasteiger partial charge in [-0.1, -0.05) is 36.2 Å². The summed E-state index contributed by atoms with van der Waals surface area (Å²) in [6.45, 7) is 12.9. The molecule has 0 aromatic rings. The first-order valence-corrected chi connectivity index (χ1v) is 10.2. The van der Waals surface area contributed by atoms with E-state index in [0.29, 0.717) is 12.1 Å². The Balaban J connectivity index is 4.11. The van der Waals surface area contributed by atoms with Crippen molar-refractivity contribution in [1.29, 1.82) is 0 Å². The minimum absolute atomic E-state index is 0.464. The SMILES string of the molecule is CCN(CCCSC(=S)N(C(C)C)C(C)C)C(=S)SC. The Labute approximate surface area is 144 Å². The van der Waals surface area contributed by atoms with E-state index < -0.39 is 0 Å². The fourth-order valence-corrected chi connectivity index (χ4v) is 4.40. The molecule has 0 spiro atoms. The minimum atomic E-state index is 0.464. The van der Waals surface area contributed by atoms with Crippen molar-refractivity contribution in [3.8, 4) is 0 Å². The standard InChI is InChI=1S/C14H28N2S4/c1-7-15(13(17)19-6)9-8-10-20-14(18)16(11(2)3)12(4)5/h11-12H,7-10H2,1-6H3. The van der Waals surface area contributed by atoms with E-state index in [9.17, 15) is 0 Å². The van der Waals surface area contributed by atoms with Gasteiger partial charge in [0.1, 0.15) is 8.64 Å². The van der Waals surface area contributed by atoms with Gasteiger partial charge in [0, 0.05) is 30.9 Å². The summed E-state index contributed by atoms with van der Waals surface area (Å²) in [5.74, 6) is 1.06. The summed E-state index contributed by atoms with van der Waals surface area (Å²) in [6.07, 6.45) is 3.15. The molecular weight excluding hydrogens is 324 g/mol. The summed E-state index contributed by atoms with van der Waals surface area (Å²) in [6, 6.07) is 0.928. The van der Waals surface area contributed by atoms with E-state index in [-0.39, 0.29) is 0 Å². The molecule has 2 nitrogen and oxygen atoms in total. The number of nitrogens with zero attached hydrogens (tertiary/aromatic N) is 2. The van der Waals surface area contributed by atoms with Crippen molar-refractivity contribution in [3.63, 3.8) is 0 Å². The smallest absolute Gasteiger partial charge is 0.136 e. The molecule has 0 aliphatic rings. The van der Waals surface area contributed by atoms with E-state index in [1.165, 1.54) is 0 Å². The van der Waals surface area contributed by atoms with E-state index in [0.717, 1.165) is 33.9 Å². The fourth-order valence-electron chi connectivity index (χ4n) is 2.01. The highest BCUT2D eigenvalue weighted by Gasteiger charge is 2.17. The fraction of sp³-hybridized carbons (Fsp3) is 0.857. The van der Waals surface area contributed by atoms with Crippen LogP contribution in [0.15, 0.2) is 0 Å². The maximum absolute atomic E-state index is 5.56. The summed E-state index contributed by atoms with van der Waals surface area (Å²) < 4.78 is 2.01. The van der Waals surface area contributed by atoms with Gasteiger partial charge in [0.05, 0.1) is 0 Å². The van der Waals surface area contributed by atoms with Crippen molar-refractivity contribution in [2.45, 2.75) is 53.1 Å². The third-order valence-corrected chi connectivity index (χ3v) is 5.82. The van der Waals surface area contributed by atoms with E-state index in [2.05, 4.69) is 44.4 Å². The van der Waals surface area contributed by atoms with Crippen molar-refractivity contribution in [2.24, 2.45) is 0 Å². The summed E-state index contributed by atoms with van der Waals surface area (Å²) >= 11 is 14.3. The van der Waals surface area contributed by atoms with Crippen molar-refractivity contribution in [1.82, 2.24) is 9.80 Å². The molecule has 6 heteroatoms. The quantitative estimate of drug-likeness (QED) is 0.489. The lowest BCUT2D eigenvalue weighted by Gasteiger charge is -2.32. The Morgan fingerprint density at radius 2 is 1.60 bits per heavy atom. The Bertz CT molecular complexity index is 298. The van der Waals surface area contributed by atoms with Gasteiger partial charge >= 0.3 is 0 Å². The normalized spacial score (nSPS) is 11.0. The Morgan fingerprint density at radius 1 is 1.05 bits per heavy atom. The molecule has 0 saturated heterocycles. The maximum Gasteiger partial charge on any atom is 0.136 e. The Kier molecular flexibility index (Phi) is 11.4. The van der Waals surface area contributed by atoms with Gasteiger partial charge in [-0.25, -0.2) is 0 Å². The van der Waals surface area contributed by atoms with Gasteiger partial charge in [-0.15, -0.1) is 11.8 Å². The first-order chi connectivity index (χ1) is 9.34. The lowest BCUT2D eigenvalue weighted by atomic mass is 10.2. The molecule has 20 heavy (non-hydrogen) atoms. The van der Waals surface area contributed by atoms with Crippen LogP contribution in [0.25, 0.3) is 0 Å². The molecular formula is C14H28N2S4. The van der Waals surface area contributed by atoms with Crippen molar-refractivity contribution < 1.29 is 0 Å². The van der Waals surface area contributed by atoms with Crippen molar-refractivity contribution >= 4 is 56.6 Å². The van der Waals surface area contributed by atoms with Crippen LogP contribution in [-0.2, 0) is 0 Å². The van der Waals surface area contributed by atoms with E-state index >= 15 is 0 Å². The van der Waals surface area contributed by atoms with Crippen LogP contribution < -0.4 is 0 Å². The summed E-state index contributed by atoms with van der Waals surface area (Å²) in [5.41, 5.74) is 0. The molecule has 0 amide bonds. The van der Waals surface area contributed by atoms with Gasteiger partial charge in [0.15, 0.2) is 0 Å². The number of rotatable bonds is 7. The van der Waals surface area contributed by atoms with Gasteiger partial charge in [-0.3, -0.25) is 0 Å². The second-order valence-electron chi connectivity index (χ2n) is 5.11. The highest BCUT2D eigenvalue weighted by molar-refractivity contribution is 8.23. The molecule has 0 aromatic heterocycles. The zero-order valence-corrected chi connectivity index (χ0v) is 16.8. The van der Waals surface area contributed by atoms with Gasteiger partial charge in [0.25, 0.3) is 0 Å². The van der Waals surface area contributed by atoms with Crippen molar-refractivity contribution in [3.05, 3.63) is 0 Å². The number of hydrogen-bond acceptors (Lipinski definition) is 4. The van der Waals surface area contributed by atoms with E-state index in [1.54, 1.807) is 23.5 Å². The molecule has 0 aromatic carbocycles. The average Bonchev–Trinajstić information content (AvgIpc) is 2.37. The van der Waals surface area contributed by atoms with Crippen LogP contribution in [-0.4, -0.2) is 55.6 Å². The van der Waals surface area contributed by atoms with Gasteiger partial charge in [-0.05, 0) is 47.3 Å². The van der Waals surface area contributed by atoms with Gasteiger partial charge in [0.2, 0.25) is 0 Å². The molecule has 0 radical (unpaired) electrons. The first kappa shape index (κ1) is 20.5. The minimum Gasteiger partial charge on any atom is -0.358 e. The lowest BCUT2D eigenvalue weighted by Crippen LogP contribution is -2.39. The van der Waals surface area contributed by atoms with Crippen LogP contribution in [0, 0.1) is 0 Å². The molecule has 118 valence electrons. The number of thiocarbonyl (C=S) groups is 2. The van der Waals surface area contributed by atoms with Gasteiger partial charge < -0.3 is 9.80 Å². The van der Waals surface area contributed by atoms with E-state index in [1.807, 2.05) is 6.26 Å². The summed E-state index contributed by atoms with van der Waals surface area (Å²) in [4.78, 5) is 4.57. The molecule has 0 unspecified atom stereocenters. The zero-order chi connectivity index (χ0) is 15.7. The lowest BCUT2D eigenvalue weighted by molar-refractivity contribution is 0.303. The van der Waals surface area contributed by atoms with Crippen LogP contribution in [0.4, 0.5) is 0 Å². The highest BCUT2D eigenvalue weighted by atomic mass is 32.2. The summed E-state index contributed by atoms with van der Waals surface area (Å²) in [5, 5.41) is 0. The van der Waals surface area contributed by atoms with Crippen LogP contribution in [0.3, 0.4) is 0 Å². The molecule has 0 atom stereocenters.